The molecular formula is C27H25BrN2O4S. The van der Waals surface area contributed by atoms with E-state index in [2.05, 4.69) is 20.9 Å². The number of hydrogen-bond acceptors (Lipinski definition) is 6. The van der Waals surface area contributed by atoms with Gasteiger partial charge >= 0.3 is 0 Å². The minimum absolute atomic E-state index is 0.0623. The molecule has 0 aliphatic rings. The Labute approximate surface area is 216 Å². The number of hydrogen-bond donors (Lipinski definition) is 1. The van der Waals surface area contributed by atoms with E-state index in [1.807, 2.05) is 77.7 Å². The second kappa shape index (κ2) is 12.0. The number of benzene rings is 3. The molecule has 0 aliphatic heterocycles. The van der Waals surface area contributed by atoms with E-state index in [0.29, 0.717) is 35.8 Å². The van der Waals surface area contributed by atoms with E-state index >= 15 is 0 Å². The minimum atomic E-state index is -0.0986. The first-order valence-corrected chi connectivity index (χ1v) is 12.7. The normalized spacial score (nSPS) is 10.7. The molecule has 0 radical (unpaired) electrons. The zero-order valence-electron chi connectivity index (χ0n) is 19.2. The first kappa shape index (κ1) is 24.9. The predicted octanol–water partition coefficient (Wildman–Crippen LogP) is 5.83. The number of amides is 1. The Balaban J connectivity index is 1.57. The third kappa shape index (κ3) is 6.69. The van der Waals surface area contributed by atoms with Crippen LogP contribution in [0.5, 0.6) is 11.5 Å². The van der Waals surface area contributed by atoms with Crippen LogP contribution in [0.3, 0.4) is 0 Å². The fourth-order valence-corrected chi connectivity index (χ4v) is 4.68. The van der Waals surface area contributed by atoms with Gasteiger partial charge in [0.2, 0.25) is 0 Å². The molecule has 0 spiro atoms. The van der Waals surface area contributed by atoms with Gasteiger partial charge in [0.25, 0.3) is 5.91 Å². The number of aromatic nitrogens is 1. The van der Waals surface area contributed by atoms with Gasteiger partial charge < -0.3 is 19.5 Å². The lowest BCUT2D eigenvalue weighted by Crippen LogP contribution is -2.30. The summed E-state index contributed by atoms with van der Waals surface area (Å²) in [7, 11) is 1.59. The zero-order valence-corrected chi connectivity index (χ0v) is 21.6. The van der Waals surface area contributed by atoms with Crippen molar-refractivity contribution in [3.8, 4) is 11.5 Å². The first-order chi connectivity index (χ1) is 17.1. The summed E-state index contributed by atoms with van der Waals surface area (Å²) in [5.74, 6) is 1.11. The molecule has 1 aromatic heterocycles. The average Bonchev–Trinajstić information content (AvgIpc) is 3.35. The topological polar surface area (TPSA) is 71.9 Å². The van der Waals surface area contributed by atoms with E-state index in [9.17, 15) is 9.90 Å². The molecular weight excluding hydrogens is 528 g/mol. The molecule has 6 nitrogen and oxygen atoms in total. The van der Waals surface area contributed by atoms with Crippen LogP contribution in [-0.4, -0.2) is 28.0 Å². The highest BCUT2D eigenvalue weighted by atomic mass is 79.9. The summed E-state index contributed by atoms with van der Waals surface area (Å²) < 4.78 is 12.3. The van der Waals surface area contributed by atoms with E-state index in [0.717, 1.165) is 20.6 Å². The van der Waals surface area contributed by atoms with Crippen molar-refractivity contribution in [3.05, 3.63) is 110 Å². The van der Waals surface area contributed by atoms with Crippen LogP contribution in [0.2, 0.25) is 0 Å². The largest absolute Gasteiger partial charge is 0.493 e. The van der Waals surface area contributed by atoms with Crippen LogP contribution in [0, 0.1) is 0 Å². The molecule has 1 heterocycles. The van der Waals surface area contributed by atoms with E-state index in [-0.39, 0.29) is 19.1 Å². The van der Waals surface area contributed by atoms with Crippen molar-refractivity contribution in [1.29, 1.82) is 0 Å². The Bertz CT molecular complexity index is 1280. The monoisotopic (exact) mass is 552 g/mol. The van der Waals surface area contributed by atoms with Crippen molar-refractivity contribution < 1.29 is 19.4 Å². The quantitative estimate of drug-likeness (QED) is 0.268. The molecule has 0 saturated carbocycles. The number of carbonyl (C=O) groups is 1. The standard InChI is InChI=1S/C27H25BrN2O4S/c1-33-24-11-10-20(12-25(24)34-17-26-29-23(16-31)18-35-26)15-30(14-19-6-3-2-4-7-19)27(32)21-8-5-9-22(28)13-21/h2-13,18,31H,14-17H2,1H3. The molecule has 0 fully saturated rings. The van der Waals surface area contributed by atoms with Crippen LogP contribution in [-0.2, 0) is 26.3 Å². The van der Waals surface area contributed by atoms with Gasteiger partial charge in [-0.05, 0) is 41.5 Å². The summed E-state index contributed by atoms with van der Waals surface area (Å²) in [5, 5.41) is 11.8. The van der Waals surface area contributed by atoms with Gasteiger partial charge in [-0.25, -0.2) is 4.98 Å². The van der Waals surface area contributed by atoms with Crippen LogP contribution in [0.4, 0.5) is 0 Å². The SMILES string of the molecule is COc1ccc(CN(Cc2ccccc2)C(=O)c2cccc(Br)c2)cc1OCc1nc(CO)cs1. The Morgan fingerprint density at radius 2 is 1.80 bits per heavy atom. The fraction of sp³-hybridized carbons (Fsp3) is 0.185. The van der Waals surface area contributed by atoms with Crippen molar-refractivity contribution in [1.82, 2.24) is 9.88 Å². The molecule has 35 heavy (non-hydrogen) atoms. The van der Waals surface area contributed by atoms with Crippen LogP contribution >= 0.6 is 27.3 Å². The van der Waals surface area contributed by atoms with Crippen molar-refractivity contribution in [2.24, 2.45) is 0 Å². The number of aliphatic hydroxyl groups is 1. The number of aliphatic hydroxyl groups excluding tert-OH is 1. The van der Waals surface area contributed by atoms with Gasteiger partial charge in [0.15, 0.2) is 11.5 Å². The van der Waals surface area contributed by atoms with Crippen molar-refractivity contribution in [3.63, 3.8) is 0 Å². The molecule has 0 saturated heterocycles. The number of halogens is 1. The molecule has 8 heteroatoms. The summed E-state index contributed by atoms with van der Waals surface area (Å²) in [4.78, 5) is 19.6. The minimum Gasteiger partial charge on any atom is -0.493 e. The van der Waals surface area contributed by atoms with Crippen LogP contribution in [0.1, 0.15) is 32.2 Å². The number of carbonyl (C=O) groups excluding carboxylic acids is 1. The Morgan fingerprint density at radius 3 is 2.51 bits per heavy atom. The van der Waals surface area contributed by atoms with E-state index in [1.54, 1.807) is 12.5 Å². The average molecular weight is 553 g/mol. The smallest absolute Gasteiger partial charge is 0.254 e. The maximum Gasteiger partial charge on any atom is 0.254 e. The van der Waals surface area contributed by atoms with Gasteiger partial charge in [-0.3, -0.25) is 4.79 Å². The molecule has 1 N–H and O–H groups in total. The number of ether oxygens (including phenoxy) is 2. The third-order valence-corrected chi connectivity index (χ3v) is 6.65. The Hall–Kier alpha value is -3.20. The zero-order chi connectivity index (χ0) is 24.6. The van der Waals surface area contributed by atoms with Gasteiger partial charge in [0, 0.05) is 28.5 Å². The summed E-state index contributed by atoms with van der Waals surface area (Å²) in [6, 6.07) is 23.0. The number of nitrogens with zero attached hydrogens (tertiary/aromatic N) is 2. The second-order valence-electron chi connectivity index (χ2n) is 7.82. The second-order valence-corrected chi connectivity index (χ2v) is 9.68. The van der Waals surface area contributed by atoms with Crippen LogP contribution in [0.15, 0.2) is 82.6 Å². The van der Waals surface area contributed by atoms with Crippen LogP contribution in [0.25, 0.3) is 0 Å². The van der Waals surface area contributed by atoms with E-state index < -0.39 is 0 Å². The van der Waals surface area contributed by atoms with E-state index in [1.165, 1.54) is 11.3 Å². The number of thiazole rings is 1. The maximum absolute atomic E-state index is 13.5. The van der Waals surface area contributed by atoms with Gasteiger partial charge in [-0.15, -0.1) is 11.3 Å². The molecule has 3 aromatic carbocycles. The number of rotatable bonds is 10. The first-order valence-electron chi connectivity index (χ1n) is 11.0. The van der Waals surface area contributed by atoms with E-state index in [4.69, 9.17) is 9.47 Å². The van der Waals surface area contributed by atoms with Crippen molar-refractivity contribution in [2.75, 3.05) is 7.11 Å². The summed E-state index contributed by atoms with van der Waals surface area (Å²) in [6.45, 7) is 1.03. The lowest BCUT2D eigenvalue weighted by atomic mass is 10.1. The molecule has 0 unspecified atom stereocenters. The molecule has 4 aromatic rings. The Morgan fingerprint density at radius 1 is 1.00 bits per heavy atom. The highest BCUT2D eigenvalue weighted by molar-refractivity contribution is 9.10. The molecule has 1 amide bonds. The summed E-state index contributed by atoms with van der Waals surface area (Å²) >= 11 is 4.89. The fourth-order valence-electron chi connectivity index (χ4n) is 3.59. The molecule has 180 valence electrons. The summed E-state index contributed by atoms with van der Waals surface area (Å²) in [5.41, 5.74) is 3.19. The molecule has 0 bridgehead atoms. The maximum atomic E-state index is 13.5. The predicted molar refractivity (Wildman–Crippen MR) is 140 cm³/mol. The van der Waals surface area contributed by atoms with Crippen molar-refractivity contribution in [2.45, 2.75) is 26.3 Å². The Kier molecular flexibility index (Phi) is 8.52. The number of methoxy groups -OCH3 is 1. The third-order valence-electron chi connectivity index (χ3n) is 5.29. The van der Waals surface area contributed by atoms with Gasteiger partial charge in [-0.2, -0.15) is 0 Å². The van der Waals surface area contributed by atoms with Crippen LogP contribution < -0.4 is 9.47 Å². The van der Waals surface area contributed by atoms with Crippen molar-refractivity contribution >= 4 is 33.2 Å². The highest BCUT2D eigenvalue weighted by Crippen LogP contribution is 2.30. The molecule has 0 aliphatic carbocycles. The van der Waals surface area contributed by atoms with Gasteiger partial charge in [-0.1, -0.05) is 58.4 Å². The molecule has 4 rings (SSSR count). The van der Waals surface area contributed by atoms with Gasteiger partial charge in [0.1, 0.15) is 11.6 Å². The van der Waals surface area contributed by atoms with Gasteiger partial charge in [0.05, 0.1) is 19.4 Å². The summed E-state index contributed by atoms with van der Waals surface area (Å²) in [6.07, 6.45) is 0. The highest BCUT2D eigenvalue weighted by Gasteiger charge is 2.18. The lowest BCUT2D eigenvalue weighted by molar-refractivity contribution is 0.0729. The molecule has 0 atom stereocenters. The lowest BCUT2D eigenvalue weighted by Gasteiger charge is -2.24.